The van der Waals surface area contributed by atoms with E-state index < -0.39 is 0 Å². The van der Waals surface area contributed by atoms with Crippen LogP contribution in [-0.4, -0.2) is 34.8 Å². The van der Waals surface area contributed by atoms with E-state index in [1.807, 2.05) is 12.4 Å². The second kappa shape index (κ2) is 4.83. The fourth-order valence-corrected chi connectivity index (χ4v) is 2.75. The van der Waals surface area contributed by atoms with E-state index in [9.17, 15) is 9.59 Å². The van der Waals surface area contributed by atoms with E-state index in [2.05, 4.69) is 4.98 Å². The van der Waals surface area contributed by atoms with Crippen molar-refractivity contribution < 1.29 is 9.59 Å². The van der Waals surface area contributed by atoms with Crippen molar-refractivity contribution in [3.8, 4) is 0 Å². The third-order valence-corrected chi connectivity index (χ3v) is 4.07. The molecular weight excluding hydrogens is 238 g/mol. The van der Waals surface area contributed by atoms with Crippen molar-refractivity contribution in [2.45, 2.75) is 19.8 Å². The molecule has 1 fully saturated rings. The van der Waals surface area contributed by atoms with Gasteiger partial charge in [0.1, 0.15) is 0 Å². The van der Waals surface area contributed by atoms with Gasteiger partial charge in [-0.3, -0.25) is 9.59 Å². The molecule has 1 atom stereocenters. The van der Waals surface area contributed by atoms with Crippen LogP contribution in [0.1, 0.15) is 17.0 Å². The van der Waals surface area contributed by atoms with Gasteiger partial charge in [-0.05, 0) is 6.92 Å². The Bertz CT molecular complexity index is 444. The number of likely N-dealkylation sites (tertiary alicyclic amines) is 1. The fourth-order valence-electron chi connectivity index (χ4n) is 1.98. The minimum atomic E-state index is -0.380. The average molecular weight is 253 g/mol. The van der Waals surface area contributed by atoms with Gasteiger partial charge in [-0.25, -0.2) is 4.98 Å². The highest BCUT2D eigenvalue weighted by Crippen LogP contribution is 2.19. The van der Waals surface area contributed by atoms with Crippen LogP contribution in [0.5, 0.6) is 0 Å². The first-order chi connectivity index (χ1) is 8.08. The van der Waals surface area contributed by atoms with Crippen LogP contribution in [0.4, 0.5) is 0 Å². The van der Waals surface area contributed by atoms with Crippen molar-refractivity contribution in [3.05, 3.63) is 16.1 Å². The Morgan fingerprint density at radius 2 is 2.47 bits per heavy atom. The summed E-state index contributed by atoms with van der Waals surface area (Å²) in [6, 6.07) is 0. The third-order valence-electron chi connectivity index (χ3n) is 3.07. The summed E-state index contributed by atoms with van der Waals surface area (Å²) in [5, 5.41) is 0. The molecule has 17 heavy (non-hydrogen) atoms. The number of amides is 2. The van der Waals surface area contributed by atoms with E-state index in [1.54, 1.807) is 16.2 Å². The molecular formula is C11H15N3O2S. The molecule has 0 bridgehead atoms. The third kappa shape index (κ3) is 2.63. The van der Waals surface area contributed by atoms with Crippen LogP contribution in [0.15, 0.2) is 5.51 Å². The number of aryl methyl sites for hydroxylation is 1. The lowest BCUT2D eigenvalue weighted by atomic mass is 10.1. The van der Waals surface area contributed by atoms with Crippen LogP contribution in [-0.2, 0) is 16.0 Å². The standard InChI is InChI=1S/C11H15N3O2S/c1-7-9(17-6-13-7)2-3-14-5-8(11(12)16)4-10(14)15/h6,8H,2-5H2,1H3,(H2,12,16). The predicted molar refractivity (Wildman–Crippen MR) is 64.4 cm³/mol. The van der Waals surface area contributed by atoms with Crippen molar-refractivity contribution in [2.75, 3.05) is 13.1 Å². The monoisotopic (exact) mass is 253 g/mol. The lowest BCUT2D eigenvalue weighted by Gasteiger charge is -2.15. The van der Waals surface area contributed by atoms with Gasteiger partial charge >= 0.3 is 0 Å². The maximum atomic E-state index is 11.6. The van der Waals surface area contributed by atoms with E-state index in [-0.39, 0.29) is 24.2 Å². The van der Waals surface area contributed by atoms with Crippen LogP contribution in [0.25, 0.3) is 0 Å². The summed E-state index contributed by atoms with van der Waals surface area (Å²) in [5.74, 6) is -0.671. The lowest BCUT2D eigenvalue weighted by molar-refractivity contribution is -0.128. The lowest BCUT2D eigenvalue weighted by Crippen LogP contribution is -2.30. The number of carbonyl (C=O) groups is 2. The summed E-state index contributed by atoms with van der Waals surface area (Å²) in [6.45, 7) is 3.07. The van der Waals surface area contributed by atoms with Gasteiger partial charge in [0.25, 0.3) is 0 Å². The Hall–Kier alpha value is -1.43. The van der Waals surface area contributed by atoms with Gasteiger partial charge in [0.2, 0.25) is 11.8 Å². The van der Waals surface area contributed by atoms with Gasteiger partial charge in [-0.1, -0.05) is 0 Å². The minimum absolute atomic E-state index is 0.0240. The summed E-state index contributed by atoms with van der Waals surface area (Å²) < 4.78 is 0. The molecule has 92 valence electrons. The molecule has 0 aliphatic carbocycles. The molecule has 0 radical (unpaired) electrons. The van der Waals surface area contributed by atoms with Crippen LogP contribution < -0.4 is 5.73 Å². The van der Waals surface area contributed by atoms with Crippen molar-refractivity contribution in [2.24, 2.45) is 11.7 Å². The van der Waals surface area contributed by atoms with Gasteiger partial charge < -0.3 is 10.6 Å². The number of aromatic nitrogens is 1. The second-order valence-electron chi connectivity index (χ2n) is 4.25. The summed E-state index contributed by atoms with van der Waals surface area (Å²) in [6.07, 6.45) is 1.06. The molecule has 0 aromatic carbocycles. The van der Waals surface area contributed by atoms with E-state index in [0.29, 0.717) is 13.1 Å². The zero-order valence-corrected chi connectivity index (χ0v) is 10.5. The molecule has 2 amide bonds. The number of hydrogen-bond acceptors (Lipinski definition) is 4. The van der Waals surface area contributed by atoms with Crippen LogP contribution in [0.2, 0.25) is 0 Å². The second-order valence-corrected chi connectivity index (χ2v) is 5.19. The van der Waals surface area contributed by atoms with E-state index in [1.165, 1.54) is 4.88 Å². The molecule has 0 saturated carbocycles. The summed E-state index contributed by atoms with van der Waals surface area (Å²) in [7, 11) is 0. The van der Waals surface area contributed by atoms with Crippen molar-refractivity contribution in [3.63, 3.8) is 0 Å². The molecule has 2 rings (SSSR count). The molecule has 1 aromatic rings. The van der Waals surface area contributed by atoms with Gasteiger partial charge in [0.05, 0.1) is 17.1 Å². The maximum absolute atomic E-state index is 11.6. The molecule has 1 unspecified atom stereocenters. The highest BCUT2D eigenvalue weighted by molar-refractivity contribution is 7.09. The first-order valence-electron chi connectivity index (χ1n) is 5.54. The highest BCUT2D eigenvalue weighted by Gasteiger charge is 2.32. The number of nitrogens with zero attached hydrogens (tertiary/aromatic N) is 2. The molecule has 1 aliphatic rings. The molecule has 1 saturated heterocycles. The minimum Gasteiger partial charge on any atom is -0.369 e. The maximum Gasteiger partial charge on any atom is 0.223 e. The average Bonchev–Trinajstić information content (AvgIpc) is 2.82. The number of primary amides is 1. The van der Waals surface area contributed by atoms with E-state index in [4.69, 9.17) is 5.73 Å². The summed E-state index contributed by atoms with van der Waals surface area (Å²) in [5.41, 5.74) is 8.04. The highest BCUT2D eigenvalue weighted by atomic mass is 32.1. The van der Waals surface area contributed by atoms with Crippen LogP contribution >= 0.6 is 11.3 Å². The van der Waals surface area contributed by atoms with Gasteiger partial charge in [-0.2, -0.15) is 0 Å². The molecule has 1 aliphatic heterocycles. The number of carbonyl (C=O) groups excluding carboxylic acids is 2. The fraction of sp³-hybridized carbons (Fsp3) is 0.545. The molecule has 5 nitrogen and oxygen atoms in total. The SMILES string of the molecule is Cc1ncsc1CCN1CC(C(N)=O)CC1=O. The van der Waals surface area contributed by atoms with Crippen molar-refractivity contribution >= 4 is 23.2 Å². The Balaban J connectivity index is 1.90. The van der Waals surface area contributed by atoms with Crippen LogP contribution in [0.3, 0.4) is 0 Å². The van der Waals surface area contributed by atoms with E-state index >= 15 is 0 Å². The van der Waals surface area contributed by atoms with Gasteiger partial charge in [0.15, 0.2) is 0 Å². The zero-order chi connectivity index (χ0) is 12.4. The molecule has 1 aromatic heterocycles. The molecule has 2 N–H and O–H groups in total. The normalized spacial score (nSPS) is 19.9. The smallest absolute Gasteiger partial charge is 0.223 e. The topological polar surface area (TPSA) is 76.3 Å². The molecule has 2 heterocycles. The summed E-state index contributed by atoms with van der Waals surface area (Å²) >= 11 is 1.60. The van der Waals surface area contributed by atoms with Crippen molar-refractivity contribution in [1.82, 2.24) is 9.88 Å². The van der Waals surface area contributed by atoms with Gasteiger partial charge in [-0.15, -0.1) is 11.3 Å². The number of nitrogens with two attached hydrogens (primary N) is 1. The Morgan fingerprint density at radius 3 is 3.00 bits per heavy atom. The van der Waals surface area contributed by atoms with Crippen LogP contribution in [0, 0.1) is 12.8 Å². The number of thiazole rings is 1. The first kappa shape index (κ1) is 12.0. The number of rotatable bonds is 4. The quantitative estimate of drug-likeness (QED) is 0.840. The predicted octanol–water partition coefficient (Wildman–Crippen LogP) is 0.328. The largest absolute Gasteiger partial charge is 0.369 e. The number of hydrogen-bond donors (Lipinski definition) is 1. The van der Waals surface area contributed by atoms with Gasteiger partial charge in [0, 0.05) is 30.8 Å². The molecule has 0 spiro atoms. The van der Waals surface area contributed by atoms with E-state index in [0.717, 1.165) is 12.1 Å². The Kier molecular flexibility index (Phi) is 3.42. The first-order valence-corrected chi connectivity index (χ1v) is 6.42. The van der Waals surface area contributed by atoms with Crippen molar-refractivity contribution in [1.29, 1.82) is 0 Å². The Labute approximate surface area is 104 Å². The Morgan fingerprint density at radius 1 is 1.71 bits per heavy atom. The molecule has 6 heteroatoms. The summed E-state index contributed by atoms with van der Waals surface area (Å²) in [4.78, 5) is 29.7. The zero-order valence-electron chi connectivity index (χ0n) is 9.68.